The Labute approximate surface area is 319 Å². The average Bonchev–Trinajstić information content (AvgIpc) is 3.47. The lowest BCUT2D eigenvalue weighted by atomic mass is 9.73. The summed E-state index contributed by atoms with van der Waals surface area (Å²) < 4.78 is 22.3. The van der Waals surface area contributed by atoms with E-state index in [0.717, 1.165) is 40.0 Å². The summed E-state index contributed by atoms with van der Waals surface area (Å²) in [5.41, 5.74) is 1.65. The molecular weight excluding hydrogens is 737 g/mol. The monoisotopic (exact) mass is 791 g/mol. The fourth-order valence-corrected chi connectivity index (χ4v) is 9.92. The first-order valence-electron chi connectivity index (χ1n) is 17.5. The molecule has 0 saturated carbocycles. The van der Waals surface area contributed by atoms with Gasteiger partial charge in [-0.15, -0.1) is 11.3 Å². The van der Waals surface area contributed by atoms with Crippen LogP contribution in [-0.2, 0) is 28.2 Å². The highest BCUT2D eigenvalue weighted by Gasteiger charge is 2.47. The molecule has 1 aliphatic rings. The van der Waals surface area contributed by atoms with Gasteiger partial charge in [0.25, 0.3) is 0 Å². The van der Waals surface area contributed by atoms with E-state index in [1.807, 2.05) is 51.3 Å². The standard InChI is InChI=1S/C37H56Cl3NO7SSi/c1-11-50(12-2,13-3)48-31-21-32(42)46-30(26(6)20-29-22-49-28(8)41-29)19-18-24(4)16-14-15-17-25(5)33(27(7)34(43)36(31,9)10)47-35(44)45-23-37(38,39)40/h14-15,18,20,22,25,27,30-31,33H,11-13,16-17,19,21,23H2,1-10H3/b15-14+,24-18-,26-20+/t25-,27+,30-,31-,33-/m0/s1. The van der Waals surface area contributed by atoms with E-state index in [1.165, 1.54) is 0 Å². The number of aromatic nitrogens is 1. The minimum absolute atomic E-state index is 0.115. The van der Waals surface area contributed by atoms with Crippen LogP contribution in [0.5, 0.6) is 0 Å². The number of hydrogen-bond donors (Lipinski definition) is 0. The van der Waals surface area contributed by atoms with Crippen molar-refractivity contribution in [2.75, 3.05) is 6.61 Å². The first-order valence-corrected chi connectivity index (χ1v) is 22.0. The minimum Gasteiger partial charge on any atom is -0.457 e. The fraction of sp³-hybridized carbons (Fsp3) is 0.676. The lowest BCUT2D eigenvalue weighted by Gasteiger charge is -2.42. The lowest BCUT2D eigenvalue weighted by molar-refractivity contribution is -0.153. The molecule has 0 bridgehead atoms. The van der Waals surface area contributed by atoms with Gasteiger partial charge in [0.1, 0.15) is 24.6 Å². The number of nitrogens with zero attached hydrogens (tertiary/aromatic N) is 1. The summed E-state index contributed by atoms with van der Waals surface area (Å²) in [6, 6.07) is 2.49. The van der Waals surface area contributed by atoms with Crippen LogP contribution in [0.4, 0.5) is 4.79 Å². The van der Waals surface area contributed by atoms with Crippen molar-refractivity contribution in [2.24, 2.45) is 17.3 Å². The third-order valence-corrected chi connectivity index (χ3v) is 15.5. The molecule has 282 valence electrons. The molecule has 0 unspecified atom stereocenters. The second-order valence-electron chi connectivity index (χ2n) is 14.0. The molecule has 1 aliphatic heterocycles. The molecule has 1 aromatic rings. The predicted octanol–water partition coefficient (Wildman–Crippen LogP) is 11.0. The van der Waals surface area contributed by atoms with Crippen LogP contribution in [0, 0.1) is 24.2 Å². The summed E-state index contributed by atoms with van der Waals surface area (Å²) in [5, 5.41) is 2.93. The molecule has 0 radical (unpaired) electrons. The molecule has 0 saturated heterocycles. The lowest BCUT2D eigenvalue weighted by Crippen LogP contribution is -2.52. The molecule has 8 nitrogen and oxygen atoms in total. The van der Waals surface area contributed by atoms with E-state index in [2.05, 4.69) is 31.8 Å². The average molecular weight is 793 g/mol. The fourth-order valence-electron chi connectivity index (χ4n) is 6.20. The van der Waals surface area contributed by atoms with E-state index in [4.69, 9.17) is 53.4 Å². The van der Waals surface area contributed by atoms with Crippen molar-refractivity contribution in [3.8, 4) is 0 Å². The molecule has 2 heterocycles. The van der Waals surface area contributed by atoms with Gasteiger partial charge < -0.3 is 18.6 Å². The van der Waals surface area contributed by atoms with Crippen molar-refractivity contribution in [3.05, 3.63) is 45.5 Å². The molecule has 50 heavy (non-hydrogen) atoms. The van der Waals surface area contributed by atoms with Crippen LogP contribution in [0.15, 0.2) is 34.8 Å². The Morgan fingerprint density at radius 3 is 2.30 bits per heavy atom. The number of carbonyl (C=O) groups is 3. The third-order valence-electron chi connectivity index (χ3n) is 9.76. The van der Waals surface area contributed by atoms with Crippen LogP contribution in [0.3, 0.4) is 0 Å². The van der Waals surface area contributed by atoms with Crippen molar-refractivity contribution in [1.29, 1.82) is 0 Å². The predicted molar refractivity (Wildman–Crippen MR) is 207 cm³/mol. The molecule has 13 heteroatoms. The Morgan fingerprint density at radius 2 is 1.74 bits per heavy atom. The number of Topliss-reactive ketones (excluding diaryl/α,β-unsaturated/α-hetero) is 1. The Morgan fingerprint density at radius 1 is 1.10 bits per heavy atom. The summed E-state index contributed by atoms with van der Waals surface area (Å²) in [4.78, 5) is 45.9. The van der Waals surface area contributed by atoms with Gasteiger partial charge in [-0.3, -0.25) is 9.59 Å². The number of ketones is 1. The highest BCUT2D eigenvalue weighted by atomic mass is 35.6. The highest BCUT2D eigenvalue weighted by molar-refractivity contribution is 7.09. The smallest absolute Gasteiger partial charge is 0.457 e. The number of cyclic esters (lactones) is 1. The zero-order valence-electron chi connectivity index (χ0n) is 31.3. The van der Waals surface area contributed by atoms with Gasteiger partial charge >= 0.3 is 12.1 Å². The van der Waals surface area contributed by atoms with Crippen molar-refractivity contribution in [2.45, 2.75) is 135 Å². The van der Waals surface area contributed by atoms with E-state index in [1.54, 1.807) is 32.1 Å². The molecule has 0 fully saturated rings. The zero-order valence-corrected chi connectivity index (χ0v) is 35.4. The van der Waals surface area contributed by atoms with E-state index in [-0.39, 0.29) is 18.1 Å². The molecule has 0 N–H and O–H groups in total. The Kier molecular flexibility index (Phi) is 17.7. The van der Waals surface area contributed by atoms with Crippen molar-refractivity contribution < 1.29 is 33.0 Å². The van der Waals surface area contributed by atoms with E-state index >= 15 is 0 Å². The van der Waals surface area contributed by atoms with Gasteiger partial charge in [0.15, 0.2) is 8.32 Å². The van der Waals surface area contributed by atoms with E-state index < -0.39 is 60.5 Å². The first kappa shape index (κ1) is 44.5. The summed E-state index contributed by atoms with van der Waals surface area (Å²) in [6.07, 6.45) is 6.49. The van der Waals surface area contributed by atoms with Crippen LogP contribution in [0.1, 0.15) is 98.7 Å². The van der Waals surface area contributed by atoms with Gasteiger partial charge in [0.2, 0.25) is 3.79 Å². The summed E-state index contributed by atoms with van der Waals surface area (Å²) in [6.45, 7) is 19.0. The number of thiazole rings is 1. The van der Waals surface area contributed by atoms with Gasteiger partial charge in [0, 0.05) is 17.2 Å². The number of allylic oxidation sites excluding steroid dienone is 3. The number of aryl methyl sites for hydroxylation is 1. The van der Waals surface area contributed by atoms with E-state index in [9.17, 15) is 14.4 Å². The molecule has 1 aromatic heterocycles. The van der Waals surface area contributed by atoms with Gasteiger partial charge in [-0.05, 0) is 69.3 Å². The summed E-state index contributed by atoms with van der Waals surface area (Å²) in [7, 11) is -2.33. The van der Waals surface area contributed by atoms with Gasteiger partial charge in [-0.2, -0.15) is 0 Å². The Bertz CT molecular complexity index is 1370. The van der Waals surface area contributed by atoms with Gasteiger partial charge in [0.05, 0.1) is 29.1 Å². The maximum atomic E-state index is 14.6. The van der Waals surface area contributed by atoms with Crippen molar-refractivity contribution in [3.63, 3.8) is 0 Å². The molecular formula is C37H56Cl3NO7SSi. The largest absolute Gasteiger partial charge is 0.508 e. The number of halogens is 3. The molecule has 2 rings (SSSR count). The Hall–Kier alpha value is -1.69. The maximum absolute atomic E-state index is 14.6. The van der Waals surface area contributed by atoms with Crippen LogP contribution in [-0.4, -0.2) is 59.9 Å². The number of esters is 1. The number of hydrogen-bond acceptors (Lipinski definition) is 9. The number of alkyl halides is 3. The molecule has 0 aromatic carbocycles. The van der Waals surface area contributed by atoms with Gasteiger partial charge in [-0.1, -0.05) is 107 Å². The van der Waals surface area contributed by atoms with E-state index in [0.29, 0.717) is 19.3 Å². The second-order valence-corrected chi connectivity index (χ2v) is 22.3. The quantitative estimate of drug-likeness (QED) is 0.105. The third kappa shape index (κ3) is 13.7. The topological polar surface area (TPSA) is 101 Å². The molecule has 0 amide bonds. The van der Waals surface area contributed by atoms with Crippen LogP contribution in [0.25, 0.3) is 6.08 Å². The van der Waals surface area contributed by atoms with Crippen molar-refractivity contribution >= 4 is 78.4 Å². The number of ether oxygens (including phenoxy) is 3. The highest BCUT2D eigenvalue weighted by Crippen LogP contribution is 2.38. The molecule has 5 atom stereocenters. The zero-order chi connectivity index (χ0) is 37.9. The number of carbonyl (C=O) groups excluding carboxylic acids is 3. The van der Waals surface area contributed by atoms with Crippen LogP contribution in [0.2, 0.25) is 18.1 Å². The second kappa shape index (κ2) is 20.0. The maximum Gasteiger partial charge on any atom is 0.508 e. The normalized spacial score (nSPS) is 26.7. The minimum atomic E-state index is -2.33. The number of rotatable bonds is 9. The molecule has 0 aliphatic carbocycles. The SMILES string of the molecule is CC[Si](CC)(CC)O[C@H]1CC(=O)O[C@H](/C(C)=C/c2csc(C)n2)C/C=C(/C)C/C=C/C[C@H](C)[C@H](OC(=O)OCC(Cl)(Cl)Cl)[C@@H](C)C(=O)C1(C)C. The molecule has 0 spiro atoms. The van der Waals surface area contributed by atoms with Gasteiger partial charge in [-0.25, -0.2) is 9.78 Å². The first-order chi connectivity index (χ1) is 23.3. The summed E-state index contributed by atoms with van der Waals surface area (Å²) >= 11 is 18.9. The van der Waals surface area contributed by atoms with Crippen LogP contribution >= 0.6 is 46.1 Å². The van der Waals surface area contributed by atoms with Crippen LogP contribution < -0.4 is 0 Å². The summed E-state index contributed by atoms with van der Waals surface area (Å²) in [5.74, 6) is -1.71. The Balaban J connectivity index is 2.61. The van der Waals surface area contributed by atoms with Crippen molar-refractivity contribution in [1.82, 2.24) is 4.98 Å².